The topological polar surface area (TPSA) is 41.1 Å². The highest BCUT2D eigenvalue weighted by atomic mass is 16.1. The van der Waals surface area contributed by atoms with Gasteiger partial charge in [0.15, 0.2) is 0 Å². The second-order valence-electron chi connectivity index (χ2n) is 4.94. The van der Waals surface area contributed by atoms with Crippen molar-refractivity contribution in [3.63, 3.8) is 0 Å². The van der Waals surface area contributed by atoms with Gasteiger partial charge < -0.3 is 10.6 Å². The second-order valence-corrected chi connectivity index (χ2v) is 4.94. The van der Waals surface area contributed by atoms with E-state index in [1.54, 1.807) is 0 Å². The molecule has 18 heavy (non-hydrogen) atoms. The summed E-state index contributed by atoms with van der Waals surface area (Å²) in [5.41, 5.74) is 1.19. The molecular weight excluding hydrogens is 224 g/mol. The van der Waals surface area contributed by atoms with Gasteiger partial charge in [-0.3, -0.25) is 4.79 Å². The van der Waals surface area contributed by atoms with E-state index in [0.29, 0.717) is 12.5 Å². The van der Waals surface area contributed by atoms with Gasteiger partial charge >= 0.3 is 0 Å². The third-order valence-electron chi connectivity index (χ3n) is 3.54. The molecule has 1 heterocycles. The van der Waals surface area contributed by atoms with E-state index in [0.717, 1.165) is 19.4 Å². The Morgan fingerprint density at radius 3 is 2.83 bits per heavy atom. The summed E-state index contributed by atoms with van der Waals surface area (Å²) in [7, 11) is 0. The van der Waals surface area contributed by atoms with E-state index >= 15 is 0 Å². The zero-order valence-electron chi connectivity index (χ0n) is 11.0. The molecule has 1 aromatic rings. The van der Waals surface area contributed by atoms with Gasteiger partial charge in [0, 0.05) is 12.5 Å². The molecule has 2 N–H and O–H groups in total. The Bertz CT molecular complexity index is 371. The van der Waals surface area contributed by atoms with Gasteiger partial charge in [0.1, 0.15) is 0 Å². The van der Waals surface area contributed by atoms with E-state index in [9.17, 15) is 4.79 Å². The van der Waals surface area contributed by atoms with E-state index < -0.39 is 0 Å². The van der Waals surface area contributed by atoms with Crippen molar-refractivity contribution in [3.8, 4) is 0 Å². The molecule has 1 saturated heterocycles. The third-order valence-corrected chi connectivity index (χ3v) is 3.54. The molecule has 1 amide bonds. The summed E-state index contributed by atoms with van der Waals surface area (Å²) < 4.78 is 0. The summed E-state index contributed by atoms with van der Waals surface area (Å²) in [4.78, 5) is 12.0. The lowest BCUT2D eigenvalue weighted by Crippen LogP contribution is -2.34. The Kier molecular flexibility index (Phi) is 4.76. The Balaban J connectivity index is 1.87. The molecule has 0 aromatic heterocycles. The largest absolute Gasteiger partial charge is 0.349 e. The van der Waals surface area contributed by atoms with Crippen LogP contribution in [0.25, 0.3) is 0 Å². The SMILES string of the molecule is CCC(NC(=O)CC1CCCN1)c1ccccc1. The predicted molar refractivity (Wildman–Crippen MR) is 73.3 cm³/mol. The molecule has 2 rings (SSSR count). The van der Waals surface area contributed by atoms with Crippen LogP contribution in [0.1, 0.15) is 44.2 Å². The van der Waals surface area contributed by atoms with Gasteiger partial charge in [-0.2, -0.15) is 0 Å². The predicted octanol–water partition coefficient (Wildman–Crippen LogP) is 2.40. The summed E-state index contributed by atoms with van der Waals surface area (Å²) >= 11 is 0. The maximum absolute atomic E-state index is 12.0. The summed E-state index contributed by atoms with van der Waals surface area (Å²) in [5, 5.41) is 6.49. The molecule has 1 fully saturated rings. The van der Waals surface area contributed by atoms with Crippen LogP contribution in [-0.4, -0.2) is 18.5 Å². The Labute approximate surface area is 109 Å². The smallest absolute Gasteiger partial charge is 0.222 e. The first-order chi connectivity index (χ1) is 8.79. The van der Waals surface area contributed by atoms with Crippen molar-refractivity contribution < 1.29 is 4.79 Å². The van der Waals surface area contributed by atoms with Crippen molar-refractivity contribution in [1.82, 2.24) is 10.6 Å². The summed E-state index contributed by atoms with van der Waals surface area (Å²) in [6, 6.07) is 10.7. The molecule has 2 unspecified atom stereocenters. The maximum atomic E-state index is 12.0. The average Bonchev–Trinajstić information content (AvgIpc) is 2.90. The lowest BCUT2D eigenvalue weighted by Gasteiger charge is -2.19. The van der Waals surface area contributed by atoms with Gasteiger partial charge in [-0.05, 0) is 31.4 Å². The van der Waals surface area contributed by atoms with Gasteiger partial charge in [0.25, 0.3) is 0 Å². The highest BCUT2D eigenvalue weighted by molar-refractivity contribution is 5.77. The highest BCUT2D eigenvalue weighted by Crippen LogP contribution is 2.17. The maximum Gasteiger partial charge on any atom is 0.222 e. The molecule has 1 aromatic carbocycles. The molecule has 0 aliphatic carbocycles. The van der Waals surface area contributed by atoms with E-state index in [2.05, 4.69) is 29.7 Å². The van der Waals surface area contributed by atoms with Gasteiger partial charge in [-0.25, -0.2) is 0 Å². The van der Waals surface area contributed by atoms with Crippen LogP contribution < -0.4 is 10.6 Å². The molecular formula is C15H22N2O. The Morgan fingerprint density at radius 1 is 1.44 bits per heavy atom. The number of carbonyl (C=O) groups excluding carboxylic acids is 1. The fraction of sp³-hybridized carbons (Fsp3) is 0.533. The van der Waals surface area contributed by atoms with Crippen LogP contribution in [0.5, 0.6) is 0 Å². The van der Waals surface area contributed by atoms with Crippen LogP contribution in [0.3, 0.4) is 0 Å². The van der Waals surface area contributed by atoms with Crippen molar-refractivity contribution in [3.05, 3.63) is 35.9 Å². The van der Waals surface area contributed by atoms with Crippen LogP contribution in [-0.2, 0) is 4.79 Å². The lowest BCUT2D eigenvalue weighted by atomic mass is 10.0. The van der Waals surface area contributed by atoms with Crippen molar-refractivity contribution >= 4 is 5.91 Å². The van der Waals surface area contributed by atoms with E-state index in [1.165, 1.54) is 12.0 Å². The molecule has 1 aliphatic rings. The molecule has 2 atom stereocenters. The second kappa shape index (κ2) is 6.55. The quantitative estimate of drug-likeness (QED) is 0.837. The summed E-state index contributed by atoms with van der Waals surface area (Å²) in [6.45, 7) is 3.15. The van der Waals surface area contributed by atoms with Crippen molar-refractivity contribution in [2.24, 2.45) is 0 Å². The van der Waals surface area contributed by atoms with Crippen molar-refractivity contribution in [2.45, 2.75) is 44.7 Å². The Morgan fingerprint density at radius 2 is 2.22 bits per heavy atom. The van der Waals surface area contributed by atoms with Crippen molar-refractivity contribution in [2.75, 3.05) is 6.54 Å². The number of hydrogen-bond donors (Lipinski definition) is 2. The zero-order valence-corrected chi connectivity index (χ0v) is 11.0. The van der Waals surface area contributed by atoms with Crippen LogP contribution in [0.2, 0.25) is 0 Å². The number of rotatable bonds is 5. The minimum atomic E-state index is 0.139. The molecule has 1 aliphatic heterocycles. The molecule has 0 radical (unpaired) electrons. The zero-order chi connectivity index (χ0) is 12.8. The van der Waals surface area contributed by atoms with E-state index in [4.69, 9.17) is 0 Å². The lowest BCUT2D eigenvalue weighted by molar-refractivity contribution is -0.122. The van der Waals surface area contributed by atoms with Crippen molar-refractivity contribution in [1.29, 1.82) is 0 Å². The number of nitrogens with one attached hydrogen (secondary N) is 2. The van der Waals surface area contributed by atoms with Crippen LogP contribution in [0.4, 0.5) is 0 Å². The van der Waals surface area contributed by atoms with E-state index in [1.807, 2.05) is 18.2 Å². The number of hydrogen-bond acceptors (Lipinski definition) is 2. The normalized spacial score (nSPS) is 20.6. The first-order valence-electron chi connectivity index (χ1n) is 6.87. The molecule has 3 heteroatoms. The van der Waals surface area contributed by atoms with Gasteiger partial charge in [0.05, 0.1) is 6.04 Å². The van der Waals surface area contributed by atoms with Crippen LogP contribution in [0.15, 0.2) is 30.3 Å². The van der Waals surface area contributed by atoms with Crippen LogP contribution >= 0.6 is 0 Å². The minimum absolute atomic E-state index is 0.139. The molecule has 0 bridgehead atoms. The number of carbonyl (C=O) groups is 1. The fourth-order valence-corrected chi connectivity index (χ4v) is 2.51. The number of benzene rings is 1. The van der Waals surface area contributed by atoms with Gasteiger partial charge in [-0.1, -0.05) is 37.3 Å². The first-order valence-corrected chi connectivity index (χ1v) is 6.87. The first kappa shape index (κ1) is 13.1. The third kappa shape index (κ3) is 3.57. The molecule has 98 valence electrons. The molecule has 0 saturated carbocycles. The standard InChI is InChI=1S/C15H22N2O/c1-2-14(12-7-4-3-5-8-12)17-15(18)11-13-9-6-10-16-13/h3-5,7-8,13-14,16H,2,6,9-11H2,1H3,(H,17,18). The fourth-order valence-electron chi connectivity index (χ4n) is 2.51. The van der Waals surface area contributed by atoms with Crippen LogP contribution in [0, 0.1) is 0 Å². The summed E-state index contributed by atoms with van der Waals surface area (Å²) in [5.74, 6) is 0.158. The Hall–Kier alpha value is -1.35. The minimum Gasteiger partial charge on any atom is -0.349 e. The average molecular weight is 246 g/mol. The molecule has 3 nitrogen and oxygen atoms in total. The number of amides is 1. The highest BCUT2D eigenvalue weighted by Gasteiger charge is 2.19. The monoisotopic (exact) mass is 246 g/mol. The van der Waals surface area contributed by atoms with E-state index in [-0.39, 0.29) is 11.9 Å². The van der Waals surface area contributed by atoms with Gasteiger partial charge in [0.2, 0.25) is 5.91 Å². The van der Waals surface area contributed by atoms with Gasteiger partial charge in [-0.15, -0.1) is 0 Å². The summed E-state index contributed by atoms with van der Waals surface area (Å²) in [6.07, 6.45) is 3.83. The molecule has 0 spiro atoms.